The van der Waals surface area contributed by atoms with E-state index in [1.165, 1.54) is 0 Å². The molecule has 0 N–H and O–H groups in total. The number of aromatic nitrogens is 3. The summed E-state index contributed by atoms with van der Waals surface area (Å²) in [5, 5.41) is 4.64. The van der Waals surface area contributed by atoms with Gasteiger partial charge in [-0.1, -0.05) is 17.7 Å². The Morgan fingerprint density at radius 3 is 2.93 bits per heavy atom. The van der Waals surface area contributed by atoms with E-state index in [0.29, 0.717) is 10.9 Å². The molecule has 0 saturated heterocycles. The van der Waals surface area contributed by atoms with E-state index in [-0.39, 0.29) is 0 Å². The minimum absolute atomic E-state index is 0.403. The van der Waals surface area contributed by atoms with E-state index in [9.17, 15) is 0 Å². The van der Waals surface area contributed by atoms with Crippen LogP contribution in [0.1, 0.15) is 5.56 Å². The zero-order valence-corrected chi connectivity index (χ0v) is 8.70. The molecular weight excluding hydrogens is 221 g/mol. The zero-order valence-electron chi connectivity index (χ0n) is 7.19. The third-order valence-electron chi connectivity index (χ3n) is 1.78. The monoisotopic (exact) mass is 227 g/mol. The summed E-state index contributed by atoms with van der Waals surface area (Å²) in [6, 6.07) is 3.75. The van der Waals surface area contributed by atoms with E-state index >= 15 is 0 Å². The summed E-state index contributed by atoms with van der Waals surface area (Å²) < 4.78 is 1.61. The molecule has 0 amide bonds. The molecule has 3 nitrogen and oxygen atoms in total. The quantitative estimate of drug-likeness (QED) is 0.739. The molecule has 0 aliphatic rings. The molecule has 5 heteroatoms. The standard InChI is InChI=1S/C9H7Cl2N3/c10-4-7-2-1-3-12-9(7)14-6-8(11)5-13-14/h1-3,5-6H,4H2. The highest BCUT2D eigenvalue weighted by molar-refractivity contribution is 6.30. The van der Waals surface area contributed by atoms with Gasteiger partial charge in [-0.05, 0) is 6.07 Å². The number of halogens is 2. The summed E-state index contributed by atoms with van der Waals surface area (Å²) in [5.41, 5.74) is 0.925. The molecule has 0 aromatic carbocycles. The third kappa shape index (κ3) is 1.74. The Bertz CT molecular complexity index is 439. The average Bonchev–Trinajstić information content (AvgIpc) is 2.65. The van der Waals surface area contributed by atoms with Crippen molar-refractivity contribution in [3.05, 3.63) is 41.3 Å². The van der Waals surface area contributed by atoms with Crippen LogP contribution in [0.4, 0.5) is 0 Å². The molecule has 2 aromatic rings. The van der Waals surface area contributed by atoms with Gasteiger partial charge in [0.15, 0.2) is 5.82 Å². The van der Waals surface area contributed by atoms with Crippen LogP contribution in [0.5, 0.6) is 0 Å². The Labute approximate surface area is 91.3 Å². The zero-order chi connectivity index (χ0) is 9.97. The van der Waals surface area contributed by atoms with Gasteiger partial charge in [-0.25, -0.2) is 9.67 Å². The van der Waals surface area contributed by atoms with E-state index in [4.69, 9.17) is 23.2 Å². The second-order valence-corrected chi connectivity index (χ2v) is 3.43. The molecule has 0 radical (unpaired) electrons. The fourth-order valence-corrected chi connectivity index (χ4v) is 1.50. The van der Waals surface area contributed by atoms with Crippen LogP contribution in [-0.2, 0) is 5.88 Å². The molecule has 2 rings (SSSR count). The van der Waals surface area contributed by atoms with Crippen LogP contribution in [0.3, 0.4) is 0 Å². The SMILES string of the molecule is ClCc1cccnc1-n1cc(Cl)cn1. The molecule has 72 valence electrons. The van der Waals surface area contributed by atoms with Gasteiger partial charge in [0.05, 0.1) is 23.3 Å². The van der Waals surface area contributed by atoms with Crippen LogP contribution in [0, 0.1) is 0 Å². The fourth-order valence-electron chi connectivity index (χ4n) is 1.16. The Morgan fingerprint density at radius 2 is 2.29 bits per heavy atom. The van der Waals surface area contributed by atoms with E-state index in [0.717, 1.165) is 11.4 Å². The lowest BCUT2D eigenvalue weighted by atomic mass is 10.3. The summed E-state index contributed by atoms with van der Waals surface area (Å²) in [6.07, 6.45) is 4.95. The van der Waals surface area contributed by atoms with Gasteiger partial charge in [0.2, 0.25) is 0 Å². The molecule has 2 aromatic heterocycles. The predicted octanol–water partition coefficient (Wildman–Crippen LogP) is 2.66. The number of pyridine rings is 1. The minimum atomic E-state index is 0.403. The van der Waals surface area contributed by atoms with Gasteiger partial charge in [-0.3, -0.25) is 0 Å². The molecular formula is C9H7Cl2N3. The molecule has 14 heavy (non-hydrogen) atoms. The smallest absolute Gasteiger partial charge is 0.157 e. The summed E-state index contributed by atoms with van der Waals surface area (Å²) in [4.78, 5) is 4.19. The van der Waals surface area contributed by atoms with Crippen molar-refractivity contribution in [3.8, 4) is 5.82 Å². The van der Waals surface area contributed by atoms with Gasteiger partial charge < -0.3 is 0 Å². The fraction of sp³-hybridized carbons (Fsp3) is 0.111. The van der Waals surface area contributed by atoms with Gasteiger partial charge in [0, 0.05) is 11.8 Å². The minimum Gasteiger partial charge on any atom is -0.237 e. The van der Waals surface area contributed by atoms with Crippen molar-refractivity contribution in [1.82, 2.24) is 14.8 Å². The van der Waals surface area contributed by atoms with Crippen molar-refractivity contribution in [2.75, 3.05) is 0 Å². The van der Waals surface area contributed by atoms with Crippen LogP contribution in [-0.4, -0.2) is 14.8 Å². The number of hydrogen-bond donors (Lipinski definition) is 0. The van der Waals surface area contributed by atoms with E-state index < -0.39 is 0 Å². The maximum absolute atomic E-state index is 5.77. The first-order valence-corrected chi connectivity index (χ1v) is 4.93. The van der Waals surface area contributed by atoms with Crippen LogP contribution < -0.4 is 0 Å². The first kappa shape index (κ1) is 9.49. The Kier molecular flexibility index (Phi) is 2.70. The number of nitrogens with zero attached hydrogens (tertiary/aromatic N) is 3. The lowest BCUT2D eigenvalue weighted by Gasteiger charge is -2.04. The Balaban J connectivity index is 2.50. The van der Waals surface area contributed by atoms with Crippen molar-refractivity contribution in [2.45, 2.75) is 5.88 Å². The predicted molar refractivity (Wildman–Crippen MR) is 55.9 cm³/mol. The topological polar surface area (TPSA) is 30.7 Å². The molecule has 0 saturated carbocycles. The van der Waals surface area contributed by atoms with Crippen molar-refractivity contribution in [1.29, 1.82) is 0 Å². The van der Waals surface area contributed by atoms with Gasteiger partial charge in [-0.2, -0.15) is 5.10 Å². The molecule has 2 heterocycles. The van der Waals surface area contributed by atoms with Gasteiger partial charge in [-0.15, -0.1) is 11.6 Å². The lowest BCUT2D eigenvalue weighted by molar-refractivity contribution is 0.836. The highest BCUT2D eigenvalue weighted by Crippen LogP contribution is 2.15. The number of rotatable bonds is 2. The first-order valence-electron chi connectivity index (χ1n) is 4.01. The molecule has 0 unspecified atom stereocenters. The Morgan fingerprint density at radius 1 is 1.43 bits per heavy atom. The van der Waals surface area contributed by atoms with Crippen LogP contribution >= 0.6 is 23.2 Å². The van der Waals surface area contributed by atoms with Crippen LogP contribution in [0.2, 0.25) is 5.02 Å². The number of alkyl halides is 1. The molecule has 0 aliphatic carbocycles. The maximum Gasteiger partial charge on any atom is 0.157 e. The molecule has 0 spiro atoms. The van der Waals surface area contributed by atoms with Crippen molar-refractivity contribution < 1.29 is 0 Å². The summed E-state index contributed by atoms with van der Waals surface area (Å²) >= 11 is 11.5. The van der Waals surface area contributed by atoms with E-state index in [1.54, 1.807) is 23.3 Å². The lowest BCUT2D eigenvalue weighted by Crippen LogP contribution is -2.01. The van der Waals surface area contributed by atoms with Gasteiger partial charge >= 0.3 is 0 Å². The highest BCUT2D eigenvalue weighted by atomic mass is 35.5. The second kappa shape index (κ2) is 3.98. The molecule has 0 atom stereocenters. The average molecular weight is 228 g/mol. The van der Waals surface area contributed by atoms with Gasteiger partial charge in [0.25, 0.3) is 0 Å². The van der Waals surface area contributed by atoms with E-state index in [1.807, 2.05) is 12.1 Å². The maximum atomic E-state index is 5.77. The summed E-state index contributed by atoms with van der Waals surface area (Å²) in [6.45, 7) is 0. The molecule has 0 aliphatic heterocycles. The van der Waals surface area contributed by atoms with Gasteiger partial charge in [0.1, 0.15) is 0 Å². The van der Waals surface area contributed by atoms with Crippen molar-refractivity contribution in [2.24, 2.45) is 0 Å². The largest absolute Gasteiger partial charge is 0.237 e. The normalized spacial score (nSPS) is 10.4. The molecule has 0 fully saturated rings. The van der Waals surface area contributed by atoms with Crippen molar-refractivity contribution >= 4 is 23.2 Å². The van der Waals surface area contributed by atoms with E-state index in [2.05, 4.69) is 10.1 Å². The Hall–Kier alpha value is -1.06. The second-order valence-electron chi connectivity index (χ2n) is 2.72. The summed E-state index contributed by atoms with van der Waals surface area (Å²) in [7, 11) is 0. The first-order chi connectivity index (χ1) is 6.81. The van der Waals surface area contributed by atoms with Crippen molar-refractivity contribution in [3.63, 3.8) is 0 Å². The third-order valence-corrected chi connectivity index (χ3v) is 2.26. The number of hydrogen-bond acceptors (Lipinski definition) is 2. The molecule has 0 bridgehead atoms. The van der Waals surface area contributed by atoms with Crippen LogP contribution in [0.25, 0.3) is 5.82 Å². The highest BCUT2D eigenvalue weighted by Gasteiger charge is 2.05. The van der Waals surface area contributed by atoms with Crippen LogP contribution in [0.15, 0.2) is 30.7 Å². The summed E-state index contributed by atoms with van der Waals surface area (Å²) in [5.74, 6) is 1.12.